The normalized spacial score (nSPS) is 12.7. The third-order valence-corrected chi connectivity index (χ3v) is 2.08. The summed E-state index contributed by atoms with van der Waals surface area (Å²) in [6, 6.07) is 3.85. The number of Topliss-reactive ketones (excluding diaryl/α,β-unsaturated/α-hetero) is 1. The van der Waals surface area contributed by atoms with Gasteiger partial charge in [0.05, 0.1) is 0 Å². The maximum Gasteiger partial charge on any atom is 0.183 e. The molecule has 1 aromatic carbocycles. The zero-order valence-corrected chi connectivity index (χ0v) is 9.99. The molecule has 0 saturated carbocycles. The van der Waals surface area contributed by atoms with Gasteiger partial charge in [-0.15, -0.1) is 10.2 Å². The zero-order valence-electron chi connectivity index (χ0n) is 9.24. The SMILES string of the molecule is CC(=O)C(N=Nc1ccc(Cl)cc1F)=C(C)O. The van der Waals surface area contributed by atoms with E-state index in [0.717, 1.165) is 6.07 Å². The molecular weight excluding hydrogens is 247 g/mol. The van der Waals surface area contributed by atoms with Crippen molar-refractivity contribution < 1.29 is 14.3 Å². The lowest BCUT2D eigenvalue weighted by molar-refractivity contribution is -0.113. The smallest absolute Gasteiger partial charge is 0.183 e. The van der Waals surface area contributed by atoms with Crippen LogP contribution in [0.15, 0.2) is 39.9 Å². The Bertz CT molecular complexity index is 508. The van der Waals surface area contributed by atoms with Gasteiger partial charge in [-0.1, -0.05) is 11.6 Å². The summed E-state index contributed by atoms with van der Waals surface area (Å²) in [6.45, 7) is 2.53. The minimum Gasteiger partial charge on any atom is -0.510 e. The molecule has 1 aromatic rings. The Morgan fingerprint density at radius 3 is 2.53 bits per heavy atom. The summed E-state index contributed by atoms with van der Waals surface area (Å²) in [4.78, 5) is 11.1. The van der Waals surface area contributed by atoms with Gasteiger partial charge < -0.3 is 5.11 Å². The van der Waals surface area contributed by atoms with Crippen LogP contribution in [0.2, 0.25) is 5.02 Å². The van der Waals surface area contributed by atoms with Gasteiger partial charge in [-0.2, -0.15) is 0 Å². The first-order chi connectivity index (χ1) is 7.91. The molecule has 0 spiro atoms. The first-order valence-electron chi connectivity index (χ1n) is 4.69. The van der Waals surface area contributed by atoms with Gasteiger partial charge in [0, 0.05) is 11.9 Å². The van der Waals surface area contributed by atoms with Crippen molar-refractivity contribution in [2.75, 3.05) is 0 Å². The van der Waals surface area contributed by atoms with Crippen molar-refractivity contribution in [1.29, 1.82) is 0 Å². The summed E-state index contributed by atoms with van der Waals surface area (Å²) < 4.78 is 13.3. The number of rotatable bonds is 3. The van der Waals surface area contributed by atoms with Crippen molar-refractivity contribution in [1.82, 2.24) is 0 Å². The highest BCUT2D eigenvalue weighted by molar-refractivity contribution is 6.30. The van der Waals surface area contributed by atoms with Gasteiger partial charge in [-0.3, -0.25) is 4.79 Å². The quantitative estimate of drug-likeness (QED) is 0.506. The van der Waals surface area contributed by atoms with Crippen LogP contribution in [0.25, 0.3) is 0 Å². The molecule has 90 valence electrons. The number of aliphatic hydroxyl groups is 1. The van der Waals surface area contributed by atoms with Crippen molar-refractivity contribution in [2.24, 2.45) is 10.2 Å². The van der Waals surface area contributed by atoms with E-state index in [-0.39, 0.29) is 22.2 Å². The largest absolute Gasteiger partial charge is 0.510 e. The van der Waals surface area contributed by atoms with Crippen LogP contribution in [0.1, 0.15) is 13.8 Å². The molecule has 6 heteroatoms. The van der Waals surface area contributed by atoms with E-state index in [1.807, 2.05) is 0 Å². The molecule has 0 bridgehead atoms. The summed E-state index contributed by atoms with van der Waals surface area (Å²) in [5, 5.41) is 16.5. The molecule has 0 amide bonds. The van der Waals surface area contributed by atoms with Crippen LogP contribution < -0.4 is 0 Å². The number of ketones is 1. The van der Waals surface area contributed by atoms with E-state index < -0.39 is 11.6 Å². The number of hydrogen-bond donors (Lipinski definition) is 1. The summed E-state index contributed by atoms with van der Waals surface area (Å²) >= 11 is 5.56. The highest BCUT2D eigenvalue weighted by Gasteiger charge is 2.07. The van der Waals surface area contributed by atoms with E-state index in [1.54, 1.807) is 0 Å². The maximum atomic E-state index is 13.3. The van der Waals surface area contributed by atoms with Crippen molar-refractivity contribution >= 4 is 23.1 Å². The summed E-state index contributed by atoms with van der Waals surface area (Å²) in [5.74, 6) is -1.38. The minimum atomic E-state index is -0.653. The van der Waals surface area contributed by atoms with Crippen LogP contribution in [0.3, 0.4) is 0 Å². The number of halogens is 2. The van der Waals surface area contributed by atoms with Gasteiger partial charge in [-0.25, -0.2) is 4.39 Å². The van der Waals surface area contributed by atoms with E-state index in [1.165, 1.54) is 26.0 Å². The van der Waals surface area contributed by atoms with Crippen LogP contribution in [0.4, 0.5) is 10.1 Å². The van der Waals surface area contributed by atoms with Crippen molar-refractivity contribution in [3.05, 3.63) is 40.5 Å². The van der Waals surface area contributed by atoms with E-state index in [9.17, 15) is 9.18 Å². The molecule has 0 atom stereocenters. The summed E-state index contributed by atoms with van der Waals surface area (Å²) in [7, 11) is 0. The highest BCUT2D eigenvalue weighted by atomic mass is 35.5. The first-order valence-corrected chi connectivity index (χ1v) is 5.07. The number of hydrogen-bond acceptors (Lipinski definition) is 4. The van der Waals surface area contributed by atoms with Gasteiger partial charge >= 0.3 is 0 Å². The molecule has 0 fully saturated rings. The molecule has 0 saturated heterocycles. The lowest BCUT2D eigenvalue weighted by Crippen LogP contribution is -1.96. The lowest BCUT2D eigenvalue weighted by Gasteiger charge is -1.98. The zero-order chi connectivity index (χ0) is 13.0. The number of carbonyl (C=O) groups is 1. The molecule has 17 heavy (non-hydrogen) atoms. The predicted octanol–water partition coefficient (Wildman–Crippen LogP) is 3.94. The number of azo groups is 1. The third-order valence-electron chi connectivity index (χ3n) is 1.84. The van der Waals surface area contributed by atoms with Crippen molar-refractivity contribution in [3.8, 4) is 0 Å². The monoisotopic (exact) mass is 256 g/mol. The maximum absolute atomic E-state index is 13.3. The third kappa shape index (κ3) is 3.64. The number of nitrogens with zero attached hydrogens (tertiary/aromatic N) is 2. The fraction of sp³-hybridized carbons (Fsp3) is 0.182. The molecular formula is C11H10ClFN2O2. The molecule has 0 unspecified atom stereocenters. The van der Waals surface area contributed by atoms with E-state index in [4.69, 9.17) is 16.7 Å². The number of carbonyl (C=O) groups excluding carboxylic acids is 1. The van der Waals surface area contributed by atoms with Crippen LogP contribution in [0.5, 0.6) is 0 Å². The number of benzene rings is 1. The Morgan fingerprint density at radius 2 is 2.06 bits per heavy atom. The van der Waals surface area contributed by atoms with Crippen LogP contribution in [0, 0.1) is 5.82 Å². The Labute approximate surface area is 102 Å². The van der Waals surface area contributed by atoms with Gasteiger partial charge in [0.25, 0.3) is 0 Å². The van der Waals surface area contributed by atoms with Crippen LogP contribution >= 0.6 is 11.6 Å². The summed E-state index contributed by atoms with van der Waals surface area (Å²) in [5.41, 5.74) is -0.270. The molecule has 0 radical (unpaired) electrons. The molecule has 1 N–H and O–H groups in total. The Hall–Kier alpha value is -1.75. The molecule has 0 aliphatic carbocycles. The van der Waals surface area contributed by atoms with Gasteiger partial charge in [-0.05, 0) is 25.1 Å². The van der Waals surface area contributed by atoms with Crippen molar-refractivity contribution in [3.63, 3.8) is 0 Å². The Morgan fingerprint density at radius 1 is 1.41 bits per heavy atom. The summed E-state index contributed by atoms with van der Waals surface area (Å²) in [6.07, 6.45) is 0. The second-order valence-corrected chi connectivity index (χ2v) is 3.72. The molecule has 0 aliphatic heterocycles. The topological polar surface area (TPSA) is 62.0 Å². The van der Waals surface area contributed by atoms with E-state index in [2.05, 4.69) is 10.2 Å². The second-order valence-electron chi connectivity index (χ2n) is 3.29. The van der Waals surface area contributed by atoms with Gasteiger partial charge in [0.15, 0.2) is 17.3 Å². The Balaban J connectivity index is 3.05. The molecule has 0 aliphatic rings. The highest BCUT2D eigenvalue weighted by Crippen LogP contribution is 2.22. The Kier molecular flexibility index (Phi) is 4.34. The minimum absolute atomic E-state index is 0.0607. The van der Waals surface area contributed by atoms with Crippen molar-refractivity contribution in [2.45, 2.75) is 13.8 Å². The molecule has 1 rings (SSSR count). The van der Waals surface area contributed by atoms with Gasteiger partial charge in [0.1, 0.15) is 11.4 Å². The fourth-order valence-electron chi connectivity index (χ4n) is 1.06. The predicted molar refractivity (Wildman–Crippen MR) is 61.9 cm³/mol. The van der Waals surface area contributed by atoms with Crippen LogP contribution in [-0.4, -0.2) is 10.9 Å². The standard InChI is InChI=1S/C11H10ClFN2O2/c1-6(16)11(7(2)17)15-14-10-4-3-8(12)5-9(10)13/h3-5,16H,1-2H3. The lowest BCUT2D eigenvalue weighted by atomic mass is 10.3. The van der Waals surface area contributed by atoms with E-state index in [0.29, 0.717) is 0 Å². The second kappa shape index (κ2) is 5.54. The van der Waals surface area contributed by atoms with E-state index >= 15 is 0 Å². The van der Waals surface area contributed by atoms with Gasteiger partial charge in [0.2, 0.25) is 0 Å². The molecule has 4 nitrogen and oxygen atoms in total. The number of allylic oxidation sites excluding steroid dienone is 2. The number of aliphatic hydroxyl groups excluding tert-OH is 1. The fourth-order valence-corrected chi connectivity index (χ4v) is 1.22. The first kappa shape index (κ1) is 13.3. The average molecular weight is 257 g/mol. The average Bonchev–Trinajstić information content (AvgIpc) is 2.20. The molecule has 0 heterocycles. The molecule has 0 aromatic heterocycles. The van der Waals surface area contributed by atoms with Crippen LogP contribution in [-0.2, 0) is 4.79 Å².